The zero-order valence-corrected chi connectivity index (χ0v) is 13.8. The van der Waals surface area contributed by atoms with Crippen LogP contribution in [0.1, 0.15) is 37.6 Å². The maximum absolute atomic E-state index is 11.2. The van der Waals surface area contributed by atoms with Gasteiger partial charge in [-0.05, 0) is 55.7 Å². The molecule has 2 rings (SSSR count). The molecule has 0 aromatic heterocycles. The lowest BCUT2D eigenvalue weighted by Gasteiger charge is -2.17. The van der Waals surface area contributed by atoms with Crippen molar-refractivity contribution in [3.63, 3.8) is 0 Å². The van der Waals surface area contributed by atoms with Gasteiger partial charge in [-0.1, -0.05) is 26.0 Å². The van der Waals surface area contributed by atoms with Gasteiger partial charge >= 0.3 is 5.97 Å². The lowest BCUT2D eigenvalue weighted by atomic mass is 10.1. The molecule has 23 heavy (non-hydrogen) atoms. The molecule has 4 heteroatoms. The zero-order valence-electron chi connectivity index (χ0n) is 13.8. The molecule has 0 saturated heterocycles. The van der Waals surface area contributed by atoms with Crippen LogP contribution in [-0.4, -0.2) is 17.1 Å². The third kappa shape index (κ3) is 5.02. The Morgan fingerprint density at radius 1 is 1.00 bits per heavy atom. The van der Waals surface area contributed by atoms with Gasteiger partial charge in [-0.25, -0.2) is 4.79 Å². The van der Waals surface area contributed by atoms with E-state index in [0.29, 0.717) is 17.6 Å². The van der Waals surface area contributed by atoms with E-state index < -0.39 is 5.97 Å². The third-order valence-electron chi connectivity index (χ3n) is 3.56. The second-order valence-electron chi connectivity index (χ2n) is 6.23. The largest absolute Gasteiger partial charge is 0.478 e. The lowest BCUT2D eigenvalue weighted by Crippen LogP contribution is -2.17. The first-order chi connectivity index (χ1) is 11.0. The van der Waals surface area contributed by atoms with Gasteiger partial charge in [0, 0.05) is 17.4 Å². The fourth-order valence-electron chi connectivity index (χ4n) is 2.63. The van der Waals surface area contributed by atoms with Gasteiger partial charge < -0.3 is 15.7 Å². The van der Waals surface area contributed by atoms with Crippen molar-refractivity contribution in [2.24, 2.45) is 5.92 Å². The van der Waals surface area contributed by atoms with E-state index in [0.717, 1.165) is 17.8 Å². The molecule has 0 bridgehead atoms. The van der Waals surface area contributed by atoms with Crippen molar-refractivity contribution in [1.29, 1.82) is 0 Å². The summed E-state index contributed by atoms with van der Waals surface area (Å²) in [5.74, 6) is -0.278. The number of hydrogen-bond acceptors (Lipinski definition) is 3. The Hall–Kier alpha value is -2.49. The van der Waals surface area contributed by atoms with Crippen molar-refractivity contribution < 1.29 is 9.90 Å². The highest BCUT2D eigenvalue weighted by Gasteiger charge is 2.09. The highest BCUT2D eigenvalue weighted by molar-refractivity contribution is 5.95. The van der Waals surface area contributed by atoms with Gasteiger partial charge in [0.25, 0.3) is 0 Å². The highest BCUT2D eigenvalue weighted by Crippen LogP contribution is 2.23. The van der Waals surface area contributed by atoms with Crippen molar-refractivity contribution in [1.82, 2.24) is 0 Å². The molecule has 2 aromatic rings. The normalized spacial score (nSPS) is 12.0. The van der Waals surface area contributed by atoms with Crippen LogP contribution < -0.4 is 10.6 Å². The molecule has 0 radical (unpaired) electrons. The molecule has 0 spiro atoms. The van der Waals surface area contributed by atoms with E-state index in [2.05, 4.69) is 31.4 Å². The van der Waals surface area contributed by atoms with Crippen LogP contribution in [0, 0.1) is 5.92 Å². The number of para-hydroxylation sites is 1. The number of carboxylic acids is 1. The van der Waals surface area contributed by atoms with Crippen LogP contribution in [-0.2, 0) is 0 Å². The Bertz CT molecular complexity index is 651. The van der Waals surface area contributed by atoms with E-state index in [1.54, 1.807) is 18.2 Å². The maximum Gasteiger partial charge on any atom is 0.337 e. The Morgan fingerprint density at radius 3 is 2.22 bits per heavy atom. The Balaban J connectivity index is 2.05. The molecule has 4 nitrogen and oxygen atoms in total. The molecule has 1 unspecified atom stereocenters. The summed E-state index contributed by atoms with van der Waals surface area (Å²) >= 11 is 0. The first-order valence-corrected chi connectivity index (χ1v) is 7.91. The van der Waals surface area contributed by atoms with Crippen molar-refractivity contribution >= 4 is 23.0 Å². The standard InChI is InChI=1S/C19H24N2O2/c1-13(2)12-14(3)20-15-8-10-16(11-9-15)21-18-7-5-4-6-17(18)19(22)23/h4-11,13-14,20-21H,12H2,1-3H3,(H,22,23). The van der Waals surface area contributed by atoms with Crippen LogP contribution in [0.4, 0.5) is 17.1 Å². The van der Waals surface area contributed by atoms with E-state index in [1.165, 1.54) is 0 Å². The highest BCUT2D eigenvalue weighted by atomic mass is 16.4. The second kappa shape index (κ2) is 7.68. The fraction of sp³-hybridized carbons (Fsp3) is 0.316. The minimum atomic E-state index is -0.936. The lowest BCUT2D eigenvalue weighted by molar-refractivity contribution is 0.0698. The number of carboxylic acid groups (broad SMARTS) is 1. The SMILES string of the molecule is CC(C)CC(C)Nc1ccc(Nc2ccccc2C(=O)O)cc1. The van der Waals surface area contributed by atoms with Crippen LogP contribution in [0.5, 0.6) is 0 Å². The van der Waals surface area contributed by atoms with Gasteiger partial charge in [0.1, 0.15) is 0 Å². The number of aromatic carboxylic acids is 1. The first-order valence-electron chi connectivity index (χ1n) is 7.91. The summed E-state index contributed by atoms with van der Waals surface area (Å²) in [6.45, 7) is 6.60. The average molecular weight is 312 g/mol. The second-order valence-corrected chi connectivity index (χ2v) is 6.23. The third-order valence-corrected chi connectivity index (χ3v) is 3.56. The van der Waals surface area contributed by atoms with Gasteiger partial charge in [0.05, 0.1) is 11.3 Å². The number of benzene rings is 2. The molecule has 1 atom stereocenters. The van der Waals surface area contributed by atoms with Crippen LogP contribution in [0.3, 0.4) is 0 Å². The van der Waals surface area contributed by atoms with E-state index in [4.69, 9.17) is 0 Å². The van der Waals surface area contributed by atoms with Crippen molar-refractivity contribution in [3.05, 3.63) is 54.1 Å². The van der Waals surface area contributed by atoms with Gasteiger partial charge in [-0.15, -0.1) is 0 Å². The molecular formula is C19H24N2O2. The number of carbonyl (C=O) groups is 1. The number of anilines is 3. The van der Waals surface area contributed by atoms with Crippen LogP contribution in [0.2, 0.25) is 0 Å². The Morgan fingerprint density at radius 2 is 1.61 bits per heavy atom. The van der Waals surface area contributed by atoms with Gasteiger partial charge in [0.2, 0.25) is 0 Å². The number of rotatable bonds is 7. The van der Waals surface area contributed by atoms with Crippen molar-refractivity contribution in [3.8, 4) is 0 Å². The van der Waals surface area contributed by atoms with Crippen molar-refractivity contribution in [2.45, 2.75) is 33.2 Å². The Kier molecular flexibility index (Phi) is 5.63. The molecule has 0 fully saturated rings. The molecule has 0 aliphatic carbocycles. The Labute approximate surface area is 137 Å². The summed E-state index contributed by atoms with van der Waals surface area (Å²) in [6.07, 6.45) is 1.12. The zero-order chi connectivity index (χ0) is 16.8. The topological polar surface area (TPSA) is 61.4 Å². The predicted molar refractivity (Wildman–Crippen MR) is 95.7 cm³/mol. The quantitative estimate of drug-likeness (QED) is 0.675. The predicted octanol–water partition coefficient (Wildman–Crippen LogP) is 4.97. The molecular weight excluding hydrogens is 288 g/mol. The molecule has 0 aliphatic rings. The molecule has 3 N–H and O–H groups in total. The van der Waals surface area contributed by atoms with E-state index in [1.807, 2.05) is 30.3 Å². The number of hydrogen-bond donors (Lipinski definition) is 3. The molecule has 122 valence electrons. The monoisotopic (exact) mass is 312 g/mol. The van der Waals surface area contributed by atoms with E-state index >= 15 is 0 Å². The summed E-state index contributed by atoms with van der Waals surface area (Å²) in [7, 11) is 0. The minimum Gasteiger partial charge on any atom is -0.478 e. The van der Waals surface area contributed by atoms with Crippen LogP contribution in [0.15, 0.2) is 48.5 Å². The summed E-state index contributed by atoms with van der Waals surface area (Å²) < 4.78 is 0. The summed E-state index contributed by atoms with van der Waals surface area (Å²) in [6, 6.07) is 15.2. The minimum absolute atomic E-state index is 0.264. The molecule has 0 aliphatic heterocycles. The molecule has 2 aromatic carbocycles. The van der Waals surface area contributed by atoms with E-state index in [-0.39, 0.29) is 5.56 Å². The molecule has 0 amide bonds. The van der Waals surface area contributed by atoms with Crippen LogP contribution >= 0.6 is 0 Å². The molecule has 0 saturated carbocycles. The van der Waals surface area contributed by atoms with Crippen molar-refractivity contribution in [2.75, 3.05) is 10.6 Å². The maximum atomic E-state index is 11.2. The average Bonchev–Trinajstić information content (AvgIpc) is 2.48. The van der Waals surface area contributed by atoms with Gasteiger partial charge in [0.15, 0.2) is 0 Å². The van der Waals surface area contributed by atoms with Crippen LogP contribution in [0.25, 0.3) is 0 Å². The van der Waals surface area contributed by atoms with E-state index in [9.17, 15) is 9.90 Å². The fourth-order valence-corrected chi connectivity index (χ4v) is 2.63. The van der Waals surface area contributed by atoms with Gasteiger partial charge in [-0.2, -0.15) is 0 Å². The smallest absolute Gasteiger partial charge is 0.337 e. The summed E-state index contributed by atoms with van der Waals surface area (Å²) in [4.78, 5) is 11.2. The first kappa shape index (κ1) is 16.9. The summed E-state index contributed by atoms with van der Waals surface area (Å²) in [5, 5.41) is 15.8. The molecule has 0 heterocycles. The number of nitrogens with one attached hydrogen (secondary N) is 2. The van der Waals surface area contributed by atoms with Gasteiger partial charge in [-0.3, -0.25) is 0 Å². The summed E-state index contributed by atoms with van der Waals surface area (Å²) in [5.41, 5.74) is 2.78.